The van der Waals surface area contributed by atoms with Crippen LogP contribution in [-0.2, 0) is 0 Å². The normalized spacial score (nSPS) is 25.6. The molecule has 3 unspecified atom stereocenters. The van der Waals surface area contributed by atoms with Crippen molar-refractivity contribution in [1.29, 1.82) is 0 Å². The van der Waals surface area contributed by atoms with Gasteiger partial charge < -0.3 is 14.8 Å². The van der Waals surface area contributed by atoms with Gasteiger partial charge in [0.15, 0.2) is 0 Å². The van der Waals surface area contributed by atoms with Crippen LogP contribution in [0.3, 0.4) is 0 Å². The average molecular weight is 291 g/mol. The van der Waals surface area contributed by atoms with Gasteiger partial charge in [-0.25, -0.2) is 0 Å². The molecule has 3 heteroatoms. The van der Waals surface area contributed by atoms with E-state index in [0.717, 1.165) is 30.4 Å². The van der Waals surface area contributed by atoms with E-state index in [4.69, 9.17) is 9.47 Å². The number of hydrogen-bond donors (Lipinski definition) is 1. The summed E-state index contributed by atoms with van der Waals surface area (Å²) in [5, 5.41) is 3.59. The van der Waals surface area contributed by atoms with Crippen LogP contribution in [0.4, 0.5) is 0 Å². The molecule has 118 valence electrons. The van der Waals surface area contributed by atoms with Crippen LogP contribution in [0.2, 0.25) is 0 Å². The van der Waals surface area contributed by atoms with Crippen molar-refractivity contribution in [2.75, 3.05) is 13.7 Å². The second-order valence-electron chi connectivity index (χ2n) is 5.96. The Kier molecular flexibility index (Phi) is 6.37. The highest BCUT2D eigenvalue weighted by Gasteiger charge is 2.31. The van der Waals surface area contributed by atoms with E-state index in [2.05, 4.69) is 19.2 Å². The first-order valence-corrected chi connectivity index (χ1v) is 8.30. The lowest BCUT2D eigenvalue weighted by Crippen LogP contribution is -2.47. The number of benzene rings is 1. The molecule has 0 heterocycles. The monoisotopic (exact) mass is 291 g/mol. The van der Waals surface area contributed by atoms with Crippen LogP contribution >= 0.6 is 0 Å². The molecule has 1 N–H and O–H groups in total. The summed E-state index contributed by atoms with van der Waals surface area (Å²) in [6.07, 6.45) is 6.58. The highest BCUT2D eigenvalue weighted by molar-refractivity contribution is 5.31. The van der Waals surface area contributed by atoms with E-state index in [9.17, 15) is 0 Å². The maximum Gasteiger partial charge on any atom is 0.120 e. The summed E-state index contributed by atoms with van der Waals surface area (Å²) in [4.78, 5) is 0. The van der Waals surface area contributed by atoms with Crippen LogP contribution in [0.25, 0.3) is 0 Å². The SMILES string of the molecule is CCCC1CCC(NCC)C(Oc2ccc(OC)cc2)C1. The van der Waals surface area contributed by atoms with Crippen LogP contribution in [0.1, 0.15) is 46.0 Å². The molecule has 0 spiro atoms. The molecule has 0 radical (unpaired) electrons. The molecule has 2 rings (SSSR count). The van der Waals surface area contributed by atoms with Crippen molar-refractivity contribution in [3.8, 4) is 11.5 Å². The summed E-state index contributed by atoms with van der Waals surface area (Å²) in [5.41, 5.74) is 0. The van der Waals surface area contributed by atoms with Gasteiger partial charge in [-0.1, -0.05) is 26.7 Å². The van der Waals surface area contributed by atoms with E-state index < -0.39 is 0 Å². The van der Waals surface area contributed by atoms with Crippen LogP contribution < -0.4 is 14.8 Å². The van der Waals surface area contributed by atoms with Crippen molar-refractivity contribution >= 4 is 0 Å². The number of likely N-dealkylation sites (N-methyl/N-ethyl adjacent to an activating group) is 1. The zero-order valence-corrected chi connectivity index (χ0v) is 13.6. The van der Waals surface area contributed by atoms with Crippen LogP contribution in [0.5, 0.6) is 11.5 Å². The van der Waals surface area contributed by atoms with E-state index in [1.54, 1.807) is 7.11 Å². The number of hydrogen-bond acceptors (Lipinski definition) is 3. The van der Waals surface area contributed by atoms with Gasteiger partial charge in [0.05, 0.1) is 7.11 Å². The maximum atomic E-state index is 6.28. The highest BCUT2D eigenvalue weighted by atomic mass is 16.5. The van der Waals surface area contributed by atoms with Crippen molar-refractivity contribution in [3.63, 3.8) is 0 Å². The molecule has 0 aliphatic heterocycles. The third-order valence-corrected chi connectivity index (χ3v) is 4.41. The standard InChI is InChI=1S/C18H29NO2/c1-4-6-14-7-12-17(19-5-2)18(13-14)21-16-10-8-15(20-3)9-11-16/h8-11,14,17-19H,4-7,12-13H2,1-3H3. The maximum absolute atomic E-state index is 6.28. The van der Waals surface area contributed by atoms with Gasteiger partial charge >= 0.3 is 0 Å². The van der Waals surface area contributed by atoms with Gasteiger partial charge in [0, 0.05) is 6.04 Å². The number of ether oxygens (including phenoxy) is 2. The van der Waals surface area contributed by atoms with Crippen molar-refractivity contribution < 1.29 is 9.47 Å². The minimum Gasteiger partial charge on any atom is -0.497 e. The Morgan fingerprint density at radius 2 is 1.81 bits per heavy atom. The first kappa shape index (κ1) is 16.2. The zero-order valence-electron chi connectivity index (χ0n) is 13.6. The van der Waals surface area contributed by atoms with Gasteiger partial charge in [0.1, 0.15) is 17.6 Å². The average Bonchev–Trinajstić information content (AvgIpc) is 2.51. The molecule has 1 aromatic rings. The molecule has 21 heavy (non-hydrogen) atoms. The second-order valence-corrected chi connectivity index (χ2v) is 5.96. The smallest absolute Gasteiger partial charge is 0.120 e. The van der Waals surface area contributed by atoms with Crippen LogP contribution in [0, 0.1) is 5.92 Å². The van der Waals surface area contributed by atoms with Crippen molar-refractivity contribution in [1.82, 2.24) is 5.32 Å². The summed E-state index contributed by atoms with van der Waals surface area (Å²) in [6, 6.07) is 8.41. The molecular formula is C18H29NO2. The van der Waals surface area contributed by atoms with E-state index in [-0.39, 0.29) is 6.10 Å². The topological polar surface area (TPSA) is 30.5 Å². The Morgan fingerprint density at radius 1 is 1.10 bits per heavy atom. The molecule has 3 atom stereocenters. The predicted octanol–water partition coefficient (Wildman–Crippen LogP) is 4.02. The fourth-order valence-electron chi connectivity index (χ4n) is 3.34. The third kappa shape index (κ3) is 4.63. The second kappa shape index (κ2) is 8.28. The lowest BCUT2D eigenvalue weighted by atomic mass is 9.81. The van der Waals surface area contributed by atoms with Gasteiger partial charge in [0.25, 0.3) is 0 Å². The zero-order chi connectivity index (χ0) is 15.1. The first-order valence-electron chi connectivity index (χ1n) is 8.30. The molecule has 1 saturated carbocycles. The van der Waals surface area contributed by atoms with Crippen molar-refractivity contribution in [2.24, 2.45) is 5.92 Å². The van der Waals surface area contributed by atoms with E-state index >= 15 is 0 Å². The molecule has 1 aliphatic rings. The van der Waals surface area contributed by atoms with Crippen molar-refractivity contribution in [2.45, 2.75) is 58.1 Å². The minimum atomic E-state index is 0.281. The summed E-state index contributed by atoms with van der Waals surface area (Å²) in [7, 11) is 1.69. The molecule has 1 fully saturated rings. The summed E-state index contributed by atoms with van der Waals surface area (Å²) in [6.45, 7) is 5.45. The Morgan fingerprint density at radius 3 is 2.43 bits per heavy atom. The fraction of sp³-hybridized carbons (Fsp3) is 0.667. The predicted molar refractivity (Wildman–Crippen MR) is 87.1 cm³/mol. The van der Waals surface area contributed by atoms with E-state index in [1.165, 1.54) is 25.7 Å². The summed E-state index contributed by atoms with van der Waals surface area (Å²) >= 11 is 0. The molecule has 1 aliphatic carbocycles. The van der Waals surface area contributed by atoms with Gasteiger partial charge in [-0.15, -0.1) is 0 Å². The van der Waals surface area contributed by atoms with Crippen LogP contribution in [-0.4, -0.2) is 25.8 Å². The Balaban J connectivity index is 2.00. The fourth-order valence-corrected chi connectivity index (χ4v) is 3.34. The van der Waals surface area contributed by atoms with Gasteiger partial charge in [-0.3, -0.25) is 0 Å². The molecule has 3 nitrogen and oxygen atoms in total. The molecule has 0 aromatic heterocycles. The molecule has 0 saturated heterocycles. The third-order valence-electron chi connectivity index (χ3n) is 4.41. The molecule has 0 amide bonds. The van der Waals surface area contributed by atoms with Crippen molar-refractivity contribution in [3.05, 3.63) is 24.3 Å². The highest BCUT2D eigenvalue weighted by Crippen LogP contribution is 2.31. The Bertz CT molecular complexity index is 404. The minimum absolute atomic E-state index is 0.281. The molecule has 0 bridgehead atoms. The number of methoxy groups -OCH3 is 1. The Hall–Kier alpha value is -1.22. The lowest BCUT2D eigenvalue weighted by Gasteiger charge is -2.36. The van der Waals surface area contributed by atoms with Gasteiger partial charge in [-0.2, -0.15) is 0 Å². The number of rotatable bonds is 7. The quantitative estimate of drug-likeness (QED) is 0.823. The van der Waals surface area contributed by atoms with Crippen LogP contribution in [0.15, 0.2) is 24.3 Å². The number of nitrogens with one attached hydrogen (secondary N) is 1. The Labute approximate surface area is 129 Å². The lowest BCUT2D eigenvalue weighted by molar-refractivity contribution is 0.0839. The summed E-state index contributed by atoms with van der Waals surface area (Å²) < 4.78 is 11.5. The first-order chi connectivity index (χ1) is 10.3. The molecular weight excluding hydrogens is 262 g/mol. The largest absolute Gasteiger partial charge is 0.497 e. The van der Waals surface area contributed by atoms with Gasteiger partial charge in [0.2, 0.25) is 0 Å². The van der Waals surface area contributed by atoms with Gasteiger partial charge in [-0.05, 0) is 56.0 Å². The summed E-state index contributed by atoms with van der Waals surface area (Å²) in [5.74, 6) is 2.63. The molecule has 1 aromatic carbocycles. The van der Waals surface area contributed by atoms with E-state index in [1.807, 2.05) is 24.3 Å². The van der Waals surface area contributed by atoms with E-state index in [0.29, 0.717) is 6.04 Å².